The molecule has 8 heteroatoms. The van der Waals surface area contributed by atoms with Crippen LogP contribution in [0.25, 0.3) is 0 Å². The van der Waals surface area contributed by atoms with Crippen molar-refractivity contribution < 1.29 is 30.3 Å². The van der Waals surface area contributed by atoms with E-state index in [1.807, 2.05) is 0 Å². The summed E-state index contributed by atoms with van der Waals surface area (Å²) in [6.45, 7) is 0. The van der Waals surface area contributed by atoms with Crippen molar-refractivity contribution in [2.45, 2.75) is 0 Å². The number of hydrogen-bond acceptors (Lipinski definition) is 6. The largest absolute Gasteiger partial charge is 0.508 e. The molecule has 6 N–H and O–H groups in total. The fraction of sp³-hybridized carbons (Fsp3) is 0. The lowest BCUT2D eigenvalue weighted by Gasteiger charge is -1.96. The van der Waals surface area contributed by atoms with Crippen molar-refractivity contribution >= 4 is 25.2 Å². The Bertz CT molecular complexity index is 463. The quantitative estimate of drug-likeness (QED) is 0.358. The van der Waals surface area contributed by atoms with Crippen LogP contribution in [-0.4, -0.2) is 44.5 Å². The van der Waals surface area contributed by atoms with Crippen molar-refractivity contribution in [1.82, 2.24) is 0 Å². The highest BCUT2D eigenvalue weighted by atomic mass is 16.4. The molecule has 0 atom stereocenters. The van der Waals surface area contributed by atoms with Crippen LogP contribution in [0.4, 0.5) is 0 Å². The Hall–Kier alpha value is -1.99. The van der Waals surface area contributed by atoms with Crippen molar-refractivity contribution in [2.24, 2.45) is 0 Å². The molecule has 104 valence electrons. The molecule has 20 heavy (non-hydrogen) atoms. The number of phenols is 2. The van der Waals surface area contributed by atoms with E-state index in [2.05, 4.69) is 0 Å². The standard InChI is InChI=1S/2C6H7BO3/c2*8-6-3-1-5(2-4-6)7(9)10/h2*1-4,8-10H. The van der Waals surface area contributed by atoms with E-state index in [-0.39, 0.29) is 11.5 Å². The summed E-state index contributed by atoms with van der Waals surface area (Å²) >= 11 is 0. The third-order valence-corrected chi connectivity index (χ3v) is 2.38. The molecule has 0 aliphatic rings. The first-order valence-corrected chi connectivity index (χ1v) is 5.70. The highest BCUT2D eigenvalue weighted by Gasteiger charge is 2.09. The molecule has 6 nitrogen and oxygen atoms in total. The molecule has 0 aliphatic heterocycles. The molecule has 0 fully saturated rings. The molecule has 0 spiro atoms. The third-order valence-electron chi connectivity index (χ3n) is 2.38. The first kappa shape index (κ1) is 16.1. The minimum Gasteiger partial charge on any atom is -0.508 e. The normalized spacial score (nSPS) is 9.40. The van der Waals surface area contributed by atoms with Gasteiger partial charge in [-0.25, -0.2) is 0 Å². The van der Waals surface area contributed by atoms with Gasteiger partial charge in [-0.15, -0.1) is 0 Å². The van der Waals surface area contributed by atoms with Gasteiger partial charge in [0.15, 0.2) is 0 Å². The van der Waals surface area contributed by atoms with Gasteiger partial charge in [0.25, 0.3) is 0 Å². The predicted molar refractivity (Wildman–Crippen MR) is 75.9 cm³/mol. The molecule has 0 saturated heterocycles. The van der Waals surface area contributed by atoms with Crippen LogP contribution in [-0.2, 0) is 0 Å². The van der Waals surface area contributed by atoms with Gasteiger partial charge in [-0.05, 0) is 35.2 Å². The van der Waals surface area contributed by atoms with Gasteiger partial charge >= 0.3 is 14.2 Å². The molecule has 0 radical (unpaired) electrons. The number of aromatic hydroxyl groups is 2. The summed E-state index contributed by atoms with van der Waals surface area (Å²) in [5.74, 6) is 0.230. The van der Waals surface area contributed by atoms with Gasteiger partial charge in [0, 0.05) is 0 Å². The van der Waals surface area contributed by atoms with Crippen LogP contribution < -0.4 is 10.9 Å². The number of phenolic OH excluding ortho intramolecular Hbond substituents is 2. The van der Waals surface area contributed by atoms with Crippen LogP contribution in [0.3, 0.4) is 0 Å². The lowest BCUT2D eigenvalue weighted by molar-refractivity contribution is 0.424. The molecule has 0 bridgehead atoms. The molecule has 0 unspecified atom stereocenters. The molecule has 0 aliphatic carbocycles. The van der Waals surface area contributed by atoms with E-state index in [9.17, 15) is 0 Å². The highest BCUT2D eigenvalue weighted by molar-refractivity contribution is 6.58. The molecule has 2 rings (SSSR count). The average Bonchev–Trinajstić information content (AvgIpc) is 2.40. The Kier molecular flexibility index (Phi) is 6.08. The van der Waals surface area contributed by atoms with E-state index >= 15 is 0 Å². The molecule has 0 saturated carbocycles. The Morgan fingerprint density at radius 3 is 0.950 bits per heavy atom. The number of benzene rings is 2. The van der Waals surface area contributed by atoms with Gasteiger partial charge in [-0.2, -0.15) is 0 Å². The van der Waals surface area contributed by atoms with Crippen molar-refractivity contribution in [3.05, 3.63) is 48.5 Å². The maximum Gasteiger partial charge on any atom is 0.488 e. The van der Waals surface area contributed by atoms with Crippen LogP contribution in [0.2, 0.25) is 0 Å². The number of rotatable bonds is 2. The SMILES string of the molecule is OB(O)c1ccc(O)cc1.OB(O)c1ccc(O)cc1. The summed E-state index contributed by atoms with van der Waals surface area (Å²) in [6.07, 6.45) is 0. The molecule has 2 aromatic rings. The van der Waals surface area contributed by atoms with Gasteiger partial charge < -0.3 is 30.3 Å². The fourth-order valence-corrected chi connectivity index (χ4v) is 1.29. The van der Waals surface area contributed by atoms with E-state index in [1.54, 1.807) is 0 Å². The molecule has 2 aromatic carbocycles. The molecule has 0 aromatic heterocycles. The van der Waals surface area contributed by atoms with Crippen LogP contribution in [0.1, 0.15) is 0 Å². The second-order valence-corrected chi connectivity index (χ2v) is 3.93. The van der Waals surface area contributed by atoms with Crippen molar-refractivity contribution in [2.75, 3.05) is 0 Å². The van der Waals surface area contributed by atoms with Gasteiger partial charge in [-0.3, -0.25) is 0 Å². The fourth-order valence-electron chi connectivity index (χ4n) is 1.29. The van der Waals surface area contributed by atoms with Crippen LogP contribution in [0.15, 0.2) is 48.5 Å². The predicted octanol–water partition coefficient (Wildman–Crippen LogP) is -1.86. The zero-order chi connectivity index (χ0) is 15.1. The zero-order valence-electron chi connectivity index (χ0n) is 10.5. The Morgan fingerprint density at radius 2 is 0.750 bits per heavy atom. The summed E-state index contributed by atoms with van der Waals surface area (Å²) in [6, 6.07) is 11.4. The second-order valence-electron chi connectivity index (χ2n) is 3.93. The van der Waals surface area contributed by atoms with Crippen LogP contribution >= 0.6 is 0 Å². The third kappa shape index (κ3) is 5.33. The molecular formula is C12H14B2O6. The topological polar surface area (TPSA) is 121 Å². The van der Waals surface area contributed by atoms with E-state index in [0.717, 1.165) is 0 Å². The summed E-state index contributed by atoms with van der Waals surface area (Å²) in [4.78, 5) is 0. The lowest BCUT2D eigenvalue weighted by atomic mass is 9.80. The first-order valence-electron chi connectivity index (χ1n) is 5.70. The summed E-state index contributed by atoms with van der Waals surface area (Å²) < 4.78 is 0. The maximum atomic E-state index is 8.78. The van der Waals surface area contributed by atoms with Gasteiger partial charge in [0.1, 0.15) is 11.5 Å². The van der Waals surface area contributed by atoms with Crippen LogP contribution in [0, 0.1) is 0 Å². The van der Waals surface area contributed by atoms with Crippen molar-refractivity contribution in [3.8, 4) is 11.5 Å². The maximum absolute atomic E-state index is 8.78. The average molecular weight is 276 g/mol. The molecule has 0 amide bonds. The van der Waals surface area contributed by atoms with Crippen LogP contribution in [0.5, 0.6) is 11.5 Å². The second kappa shape index (κ2) is 7.56. The lowest BCUT2D eigenvalue weighted by Crippen LogP contribution is -2.29. The highest BCUT2D eigenvalue weighted by Crippen LogP contribution is 2.03. The Balaban J connectivity index is 0.000000200. The van der Waals surface area contributed by atoms with Gasteiger partial charge in [0.05, 0.1) is 0 Å². The number of hydrogen-bond donors (Lipinski definition) is 6. The van der Waals surface area contributed by atoms with Crippen molar-refractivity contribution in [3.63, 3.8) is 0 Å². The molecular weight excluding hydrogens is 262 g/mol. The van der Waals surface area contributed by atoms with Gasteiger partial charge in [-0.1, -0.05) is 24.3 Å². The monoisotopic (exact) mass is 276 g/mol. The summed E-state index contributed by atoms with van der Waals surface area (Å²) in [5.41, 5.74) is 0.746. The van der Waals surface area contributed by atoms with Crippen molar-refractivity contribution in [1.29, 1.82) is 0 Å². The minimum absolute atomic E-state index is 0.115. The zero-order valence-corrected chi connectivity index (χ0v) is 10.5. The van der Waals surface area contributed by atoms with Gasteiger partial charge in [0.2, 0.25) is 0 Å². The van der Waals surface area contributed by atoms with E-state index < -0.39 is 14.2 Å². The smallest absolute Gasteiger partial charge is 0.488 e. The summed E-state index contributed by atoms with van der Waals surface area (Å²) in [5, 5.41) is 51.9. The van der Waals surface area contributed by atoms with E-state index in [0.29, 0.717) is 10.9 Å². The minimum atomic E-state index is -1.46. The summed E-state index contributed by atoms with van der Waals surface area (Å²) in [7, 11) is -2.92. The molecule has 0 heterocycles. The van der Waals surface area contributed by atoms with E-state index in [1.165, 1.54) is 48.5 Å². The van der Waals surface area contributed by atoms with E-state index in [4.69, 9.17) is 30.3 Å². The first-order chi connectivity index (χ1) is 9.40. The Morgan fingerprint density at radius 1 is 0.500 bits per heavy atom. The Labute approximate surface area is 116 Å².